The van der Waals surface area contributed by atoms with Crippen LogP contribution in [0, 0.1) is 5.92 Å². The predicted octanol–water partition coefficient (Wildman–Crippen LogP) is 3.41. The number of rotatable bonds is 3. The summed E-state index contributed by atoms with van der Waals surface area (Å²) in [5.41, 5.74) is 8.63. The number of nitrogens with zero attached hydrogens (tertiary/aromatic N) is 5. The third kappa shape index (κ3) is 3.85. The number of aromatic nitrogens is 5. The summed E-state index contributed by atoms with van der Waals surface area (Å²) in [6.45, 7) is 6.78. The first-order valence-corrected chi connectivity index (χ1v) is 11.5. The molecule has 0 bridgehead atoms. The number of anilines is 2. The summed E-state index contributed by atoms with van der Waals surface area (Å²) in [7, 11) is 0. The van der Waals surface area contributed by atoms with Gasteiger partial charge in [-0.05, 0) is 44.2 Å². The number of amides is 2. The van der Waals surface area contributed by atoms with E-state index in [2.05, 4.69) is 46.4 Å². The van der Waals surface area contributed by atoms with E-state index in [1.54, 1.807) is 4.90 Å². The fourth-order valence-corrected chi connectivity index (χ4v) is 4.60. The number of aromatic amines is 1. The summed E-state index contributed by atoms with van der Waals surface area (Å²) < 4.78 is 1.94. The lowest BCUT2D eigenvalue weighted by atomic mass is 9.89. The second kappa shape index (κ2) is 8.44. The van der Waals surface area contributed by atoms with E-state index in [9.17, 15) is 9.59 Å². The van der Waals surface area contributed by atoms with Crippen LogP contribution in [-0.2, 0) is 9.59 Å². The molecule has 2 amide bonds. The summed E-state index contributed by atoms with van der Waals surface area (Å²) in [6, 6.07) is 6.17. The van der Waals surface area contributed by atoms with Crippen LogP contribution >= 0.6 is 0 Å². The molecule has 0 aliphatic carbocycles. The molecule has 5 rings (SSSR count). The van der Waals surface area contributed by atoms with Crippen molar-refractivity contribution in [3.63, 3.8) is 0 Å². The summed E-state index contributed by atoms with van der Waals surface area (Å²) in [4.78, 5) is 32.1. The van der Waals surface area contributed by atoms with Crippen LogP contribution in [0.15, 0.2) is 36.8 Å². The zero-order valence-corrected chi connectivity index (χ0v) is 19.4. The highest BCUT2D eigenvalue weighted by molar-refractivity contribution is 6.40. The molecule has 34 heavy (non-hydrogen) atoms. The van der Waals surface area contributed by atoms with Gasteiger partial charge in [0.1, 0.15) is 5.82 Å². The lowest BCUT2D eigenvalue weighted by Crippen LogP contribution is -2.46. The normalized spacial score (nSPS) is 18.6. The molecule has 1 fully saturated rings. The minimum atomic E-state index is -0.716. The van der Waals surface area contributed by atoms with Crippen molar-refractivity contribution in [2.24, 2.45) is 5.92 Å². The maximum absolute atomic E-state index is 13.4. The highest BCUT2D eigenvalue weighted by atomic mass is 16.2. The zero-order valence-electron chi connectivity index (χ0n) is 19.4. The van der Waals surface area contributed by atoms with E-state index in [0.717, 1.165) is 29.3 Å². The van der Waals surface area contributed by atoms with Crippen LogP contribution in [0.4, 0.5) is 11.5 Å². The average molecular weight is 461 g/mol. The van der Waals surface area contributed by atoms with E-state index in [1.165, 1.54) is 12.4 Å². The van der Waals surface area contributed by atoms with Gasteiger partial charge in [0.2, 0.25) is 0 Å². The molecule has 10 heteroatoms. The maximum atomic E-state index is 13.4. The van der Waals surface area contributed by atoms with Crippen LogP contribution in [0.5, 0.6) is 0 Å². The second-order valence-electron chi connectivity index (χ2n) is 9.35. The van der Waals surface area contributed by atoms with Gasteiger partial charge in [0.05, 0.1) is 40.5 Å². The van der Waals surface area contributed by atoms with Crippen LogP contribution in [0.3, 0.4) is 0 Å². The Balaban J connectivity index is 1.42. The summed E-state index contributed by atoms with van der Waals surface area (Å²) in [5, 5.41) is 15.8. The molecule has 0 spiro atoms. The van der Waals surface area contributed by atoms with Gasteiger partial charge in [-0.15, -0.1) is 0 Å². The number of carbonyl (C=O) groups is 2. The molecule has 0 saturated carbocycles. The number of hydrogen-bond donors (Lipinski definition) is 3. The summed E-state index contributed by atoms with van der Waals surface area (Å²) in [5.74, 6) is -0.691. The van der Waals surface area contributed by atoms with Crippen molar-refractivity contribution in [3.05, 3.63) is 42.4 Å². The number of hydrogen-bond acceptors (Lipinski definition) is 6. The van der Waals surface area contributed by atoms with Gasteiger partial charge < -0.3 is 16.0 Å². The number of pyridine rings is 1. The smallest absolute Gasteiger partial charge is 0.314 e. The van der Waals surface area contributed by atoms with E-state index >= 15 is 0 Å². The largest absolute Gasteiger partial charge is 0.383 e. The van der Waals surface area contributed by atoms with Crippen molar-refractivity contribution in [2.45, 2.75) is 45.7 Å². The third-order valence-electron chi connectivity index (χ3n) is 6.50. The number of nitrogens with one attached hydrogen (secondary N) is 2. The van der Waals surface area contributed by atoms with Crippen LogP contribution in [0.2, 0.25) is 0 Å². The molecule has 176 valence electrons. The summed E-state index contributed by atoms with van der Waals surface area (Å²) in [6.07, 6.45) is 6.75. The van der Waals surface area contributed by atoms with Gasteiger partial charge in [-0.2, -0.15) is 10.2 Å². The van der Waals surface area contributed by atoms with Crippen molar-refractivity contribution in [3.8, 4) is 0 Å². The Bertz CT molecular complexity index is 1390. The molecule has 10 nitrogen and oxygen atoms in total. The molecule has 2 atom stereocenters. The number of benzene rings is 1. The van der Waals surface area contributed by atoms with E-state index in [-0.39, 0.29) is 12.1 Å². The quantitative estimate of drug-likeness (QED) is 0.401. The van der Waals surface area contributed by atoms with Crippen LogP contribution in [0.1, 0.15) is 51.3 Å². The van der Waals surface area contributed by atoms with Gasteiger partial charge in [0.15, 0.2) is 0 Å². The molecule has 1 saturated heterocycles. The van der Waals surface area contributed by atoms with Crippen molar-refractivity contribution in [1.82, 2.24) is 29.9 Å². The minimum Gasteiger partial charge on any atom is -0.383 e. The Morgan fingerprint density at radius 3 is 2.85 bits per heavy atom. The number of carbonyl (C=O) groups excluding carboxylic acids is 2. The van der Waals surface area contributed by atoms with E-state index in [1.807, 2.05) is 29.1 Å². The molecule has 4 heterocycles. The highest BCUT2D eigenvalue weighted by Crippen LogP contribution is 2.35. The van der Waals surface area contributed by atoms with Crippen LogP contribution in [-0.4, -0.2) is 48.2 Å². The van der Waals surface area contributed by atoms with E-state index in [4.69, 9.17) is 5.73 Å². The molecule has 1 aromatic carbocycles. The summed E-state index contributed by atoms with van der Waals surface area (Å²) >= 11 is 0. The first-order valence-electron chi connectivity index (χ1n) is 11.5. The number of H-pyrrole nitrogens is 1. The Labute approximate surface area is 196 Å². The number of nitrogen functional groups attached to an aromatic ring is 1. The number of piperidine rings is 1. The number of nitrogens with two attached hydrogens (primary N) is 1. The molecule has 3 aromatic heterocycles. The average Bonchev–Trinajstić information content (AvgIpc) is 3.48. The Hall–Kier alpha value is -3.95. The second-order valence-corrected chi connectivity index (χ2v) is 9.35. The first kappa shape index (κ1) is 21.9. The molecule has 1 aliphatic rings. The maximum Gasteiger partial charge on any atom is 0.314 e. The molecule has 0 radical (unpaired) electrons. The van der Waals surface area contributed by atoms with Crippen LogP contribution in [0.25, 0.3) is 21.8 Å². The monoisotopic (exact) mass is 460 g/mol. The fourth-order valence-electron chi connectivity index (χ4n) is 4.60. The SMILES string of the molecule is CC1CCC(c2ccc3cn(C(C)C)nc3c2)N(C(=O)C(=O)Nc2cnc(N)c3cn[nH]c23)C1. The van der Waals surface area contributed by atoms with Crippen molar-refractivity contribution >= 4 is 45.1 Å². The van der Waals surface area contributed by atoms with Gasteiger partial charge in [-0.1, -0.05) is 19.1 Å². The van der Waals surface area contributed by atoms with Gasteiger partial charge in [0.25, 0.3) is 0 Å². The van der Waals surface area contributed by atoms with Crippen molar-refractivity contribution < 1.29 is 9.59 Å². The van der Waals surface area contributed by atoms with Crippen LogP contribution < -0.4 is 11.1 Å². The van der Waals surface area contributed by atoms with Gasteiger partial charge in [-0.25, -0.2) is 4.98 Å². The predicted molar refractivity (Wildman–Crippen MR) is 130 cm³/mol. The Morgan fingerprint density at radius 1 is 1.24 bits per heavy atom. The molecule has 4 aromatic rings. The number of likely N-dealkylation sites (tertiary alicyclic amines) is 1. The van der Waals surface area contributed by atoms with Gasteiger partial charge in [-0.3, -0.25) is 19.4 Å². The minimum absolute atomic E-state index is 0.195. The molecule has 1 aliphatic heterocycles. The fraction of sp³-hybridized carbons (Fsp3) is 0.375. The lowest BCUT2D eigenvalue weighted by molar-refractivity contribution is -0.146. The number of fused-ring (bicyclic) bond motifs is 2. The van der Waals surface area contributed by atoms with Gasteiger partial charge >= 0.3 is 11.8 Å². The van der Waals surface area contributed by atoms with Crippen molar-refractivity contribution in [1.29, 1.82) is 0 Å². The molecular weight excluding hydrogens is 432 g/mol. The molecule has 4 N–H and O–H groups in total. The van der Waals surface area contributed by atoms with E-state index < -0.39 is 11.8 Å². The first-order chi connectivity index (χ1) is 16.3. The Morgan fingerprint density at radius 2 is 2.06 bits per heavy atom. The molecular formula is C24H28N8O2. The lowest BCUT2D eigenvalue weighted by Gasteiger charge is -2.38. The zero-order chi connectivity index (χ0) is 24.0. The van der Waals surface area contributed by atoms with E-state index in [0.29, 0.717) is 34.9 Å². The van der Waals surface area contributed by atoms with Crippen molar-refractivity contribution in [2.75, 3.05) is 17.6 Å². The molecule has 2 unspecified atom stereocenters. The highest BCUT2D eigenvalue weighted by Gasteiger charge is 2.34. The Kier molecular flexibility index (Phi) is 5.43. The third-order valence-corrected chi connectivity index (χ3v) is 6.50. The standard InChI is InChI=1S/C24H28N8O2/c1-13(2)32-12-16-6-5-15(8-18(16)30-32)20-7-4-14(3)11-31(20)24(34)23(33)28-19-10-26-22(25)17-9-27-29-21(17)19/h5-6,8-10,12-14,20H,4,7,11H2,1-3H3,(H2,25,26)(H,27,29)(H,28,33). The van der Waals surface area contributed by atoms with Gasteiger partial charge in [0, 0.05) is 24.2 Å². The topological polar surface area (TPSA) is 135 Å².